The Hall–Kier alpha value is -2.39. The molecule has 0 saturated heterocycles. The van der Waals surface area contributed by atoms with Gasteiger partial charge in [0.25, 0.3) is 0 Å². The van der Waals surface area contributed by atoms with Crippen molar-refractivity contribution in [3.8, 4) is 10.4 Å². The highest BCUT2D eigenvalue weighted by Gasteiger charge is 2.21. The van der Waals surface area contributed by atoms with E-state index >= 15 is 0 Å². The van der Waals surface area contributed by atoms with Crippen LogP contribution in [-0.2, 0) is 9.53 Å². The molecule has 0 fully saturated rings. The van der Waals surface area contributed by atoms with Crippen LogP contribution in [0.5, 0.6) is 0 Å². The van der Waals surface area contributed by atoms with Gasteiger partial charge in [-0.2, -0.15) is 0 Å². The Morgan fingerprint density at radius 2 is 1.68 bits per heavy atom. The molecule has 0 amide bonds. The summed E-state index contributed by atoms with van der Waals surface area (Å²) in [6, 6.07) is 22.0. The third kappa shape index (κ3) is 3.10. The van der Waals surface area contributed by atoms with Crippen molar-refractivity contribution < 1.29 is 9.53 Å². The summed E-state index contributed by atoms with van der Waals surface area (Å²) in [4.78, 5) is 12.7. The monoisotopic (exact) mass is 308 g/mol. The number of hydrogen-bond donors (Lipinski definition) is 0. The van der Waals surface area contributed by atoms with Crippen molar-refractivity contribution in [2.75, 3.05) is 0 Å². The van der Waals surface area contributed by atoms with Crippen LogP contribution in [0.3, 0.4) is 0 Å². The molecule has 1 atom stereocenters. The van der Waals surface area contributed by atoms with E-state index in [2.05, 4.69) is 17.5 Å². The lowest BCUT2D eigenvalue weighted by Gasteiger charge is -2.20. The number of esters is 1. The molecule has 1 unspecified atom stereocenters. The van der Waals surface area contributed by atoms with E-state index < -0.39 is 6.10 Å². The molecular formula is C19H16O2S. The molecule has 0 saturated carbocycles. The summed E-state index contributed by atoms with van der Waals surface area (Å²) in [5, 5.41) is 2.05. The highest BCUT2D eigenvalue weighted by atomic mass is 32.1. The van der Waals surface area contributed by atoms with E-state index in [9.17, 15) is 4.79 Å². The van der Waals surface area contributed by atoms with Gasteiger partial charge in [-0.25, -0.2) is 0 Å². The van der Waals surface area contributed by atoms with Gasteiger partial charge in [-0.3, -0.25) is 4.79 Å². The van der Waals surface area contributed by atoms with Gasteiger partial charge >= 0.3 is 5.97 Å². The summed E-state index contributed by atoms with van der Waals surface area (Å²) in [7, 11) is 0. The van der Waals surface area contributed by atoms with Gasteiger partial charge in [-0.15, -0.1) is 11.3 Å². The third-order valence-corrected chi connectivity index (χ3v) is 4.32. The minimum atomic E-state index is -0.392. The fourth-order valence-corrected chi connectivity index (χ4v) is 3.26. The van der Waals surface area contributed by atoms with Gasteiger partial charge in [0.1, 0.15) is 0 Å². The normalized spacial score (nSPS) is 11.9. The predicted molar refractivity (Wildman–Crippen MR) is 89.8 cm³/mol. The zero-order valence-corrected chi connectivity index (χ0v) is 13.0. The van der Waals surface area contributed by atoms with E-state index in [1.165, 1.54) is 11.8 Å². The van der Waals surface area contributed by atoms with E-state index in [4.69, 9.17) is 4.74 Å². The quantitative estimate of drug-likeness (QED) is 0.629. The fraction of sp³-hybridized carbons (Fsp3) is 0.105. The molecule has 3 aromatic rings. The average Bonchev–Trinajstić information content (AvgIpc) is 3.08. The molecule has 1 aromatic heterocycles. The number of rotatable bonds is 4. The summed E-state index contributed by atoms with van der Waals surface area (Å²) in [5.41, 5.74) is 3.08. The van der Waals surface area contributed by atoms with Crippen LogP contribution >= 0.6 is 11.3 Å². The smallest absolute Gasteiger partial charge is 0.303 e. The molecule has 22 heavy (non-hydrogen) atoms. The van der Waals surface area contributed by atoms with Crippen molar-refractivity contribution in [2.24, 2.45) is 0 Å². The van der Waals surface area contributed by atoms with Crippen molar-refractivity contribution in [3.05, 3.63) is 83.2 Å². The van der Waals surface area contributed by atoms with Crippen LogP contribution in [-0.4, -0.2) is 5.97 Å². The SMILES string of the molecule is CC(=O)OC(c1ccccc1)c1ccccc1-c1cccs1. The van der Waals surface area contributed by atoms with E-state index in [0.29, 0.717) is 0 Å². The lowest BCUT2D eigenvalue weighted by Crippen LogP contribution is -2.11. The minimum Gasteiger partial charge on any atom is -0.453 e. The number of hydrogen-bond acceptors (Lipinski definition) is 3. The van der Waals surface area contributed by atoms with Gasteiger partial charge < -0.3 is 4.74 Å². The maximum atomic E-state index is 11.6. The average molecular weight is 308 g/mol. The number of benzene rings is 2. The first-order chi connectivity index (χ1) is 10.8. The Morgan fingerprint density at radius 3 is 2.36 bits per heavy atom. The molecule has 0 aliphatic heterocycles. The molecule has 0 spiro atoms. The largest absolute Gasteiger partial charge is 0.453 e. The zero-order chi connectivity index (χ0) is 15.4. The first kappa shape index (κ1) is 14.5. The molecule has 2 aromatic carbocycles. The van der Waals surface area contributed by atoms with Gasteiger partial charge in [0.05, 0.1) is 0 Å². The molecule has 0 bridgehead atoms. The first-order valence-electron chi connectivity index (χ1n) is 7.10. The molecule has 110 valence electrons. The number of thiophene rings is 1. The molecule has 0 aliphatic carbocycles. The van der Waals surface area contributed by atoms with Gasteiger partial charge in [-0.1, -0.05) is 60.7 Å². The van der Waals surface area contributed by atoms with Gasteiger partial charge in [0, 0.05) is 17.4 Å². The van der Waals surface area contributed by atoms with Crippen LogP contribution in [0.25, 0.3) is 10.4 Å². The Morgan fingerprint density at radius 1 is 0.955 bits per heavy atom. The van der Waals surface area contributed by atoms with E-state index in [0.717, 1.165) is 16.7 Å². The second kappa shape index (κ2) is 6.58. The van der Waals surface area contributed by atoms with Crippen LogP contribution in [0.4, 0.5) is 0 Å². The van der Waals surface area contributed by atoms with E-state index in [-0.39, 0.29) is 5.97 Å². The Labute approximate surface area is 134 Å². The Bertz CT molecular complexity index is 748. The summed E-state index contributed by atoms with van der Waals surface area (Å²) in [6.07, 6.45) is -0.392. The molecule has 0 N–H and O–H groups in total. The summed E-state index contributed by atoms with van der Waals surface area (Å²) in [6.45, 7) is 1.45. The predicted octanol–water partition coefficient (Wildman–Crippen LogP) is 5.07. The lowest BCUT2D eigenvalue weighted by atomic mass is 9.96. The van der Waals surface area contributed by atoms with Crippen LogP contribution in [0.2, 0.25) is 0 Å². The molecule has 3 heteroatoms. The van der Waals surface area contributed by atoms with Crippen LogP contribution in [0, 0.1) is 0 Å². The lowest BCUT2D eigenvalue weighted by molar-refractivity contribution is -0.144. The fourth-order valence-electron chi connectivity index (χ4n) is 2.49. The highest BCUT2D eigenvalue weighted by molar-refractivity contribution is 7.13. The molecule has 2 nitrogen and oxygen atoms in total. The summed E-state index contributed by atoms with van der Waals surface area (Å²) >= 11 is 1.68. The van der Waals surface area contributed by atoms with Crippen LogP contribution < -0.4 is 0 Å². The second-order valence-electron chi connectivity index (χ2n) is 4.96. The van der Waals surface area contributed by atoms with Crippen LogP contribution in [0.15, 0.2) is 72.1 Å². The van der Waals surface area contributed by atoms with E-state index in [1.54, 1.807) is 11.3 Å². The summed E-state index contributed by atoms with van der Waals surface area (Å²) in [5.74, 6) is -0.283. The highest BCUT2D eigenvalue weighted by Crippen LogP contribution is 2.36. The third-order valence-electron chi connectivity index (χ3n) is 3.42. The second-order valence-corrected chi connectivity index (χ2v) is 5.91. The van der Waals surface area contributed by atoms with Crippen molar-refractivity contribution in [2.45, 2.75) is 13.0 Å². The molecule has 3 rings (SSSR count). The van der Waals surface area contributed by atoms with E-state index in [1.807, 2.05) is 54.6 Å². The van der Waals surface area contributed by atoms with Crippen molar-refractivity contribution in [3.63, 3.8) is 0 Å². The van der Waals surface area contributed by atoms with Crippen molar-refractivity contribution in [1.29, 1.82) is 0 Å². The molecule has 1 heterocycles. The van der Waals surface area contributed by atoms with Gasteiger partial charge in [-0.05, 0) is 22.6 Å². The van der Waals surface area contributed by atoms with Gasteiger partial charge in [0.2, 0.25) is 0 Å². The first-order valence-corrected chi connectivity index (χ1v) is 7.98. The molecule has 0 radical (unpaired) electrons. The maximum Gasteiger partial charge on any atom is 0.303 e. The summed E-state index contributed by atoms with van der Waals surface area (Å²) < 4.78 is 5.63. The standard InChI is InChI=1S/C19H16O2S/c1-14(20)21-19(15-8-3-2-4-9-15)17-11-6-5-10-16(17)18-12-7-13-22-18/h2-13,19H,1H3. The Balaban J connectivity index is 2.11. The zero-order valence-electron chi connectivity index (χ0n) is 12.2. The number of carbonyl (C=O) groups is 1. The minimum absolute atomic E-state index is 0.283. The maximum absolute atomic E-state index is 11.6. The molecule has 0 aliphatic rings. The van der Waals surface area contributed by atoms with Crippen molar-refractivity contribution >= 4 is 17.3 Å². The topological polar surface area (TPSA) is 26.3 Å². The van der Waals surface area contributed by atoms with Crippen molar-refractivity contribution in [1.82, 2.24) is 0 Å². The molecular weight excluding hydrogens is 292 g/mol. The number of ether oxygens (including phenoxy) is 1. The van der Waals surface area contributed by atoms with Crippen LogP contribution in [0.1, 0.15) is 24.2 Å². The van der Waals surface area contributed by atoms with Gasteiger partial charge in [0.15, 0.2) is 6.10 Å². The Kier molecular flexibility index (Phi) is 4.35. The number of carbonyl (C=O) groups excluding carboxylic acids is 1.